The quantitative estimate of drug-likeness (QED) is 0.711. The van der Waals surface area contributed by atoms with Gasteiger partial charge in [-0.05, 0) is 0 Å². The van der Waals surface area contributed by atoms with Gasteiger partial charge in [0.05, 0.1) is 12.8 Å². The highest BCUT2D eigenvalue weighted by Crippen LogP contribution is 2.05. The van der Waals surface area contributed by atoms with Crippen molar-refractivity contribution in [1.82, 2.24) is 0 Å². The lowest BCUT2D eigenvalue weighted by Crippen LogP contribution is -2.08. The molecule has 7 heteroatoms. The number of carboxylic acids is 1. The summed E-state index contributed by atoms with van der Waals surface area (Å²) in [5.74, 6) is -2.27. The van der Waals surface area contributed by atoms with Crippen LogP contribution in [-0.2, 0) is 20.9 Å². The van der Waals surface area contributed by atoms with E-state index in [2.05, 4.69) is 4.74 Å². The van der Waals surface area contributed by atoms with Gasteiger partial charge >= 0.3 is 11.9 Å². The summed E-state index contributed by atoms with van der Waals surface area (Å²) in [5.41, 5.74) is -0.646. The van der Waals surface area contributed by atoms with Gasteiger partial charge in [0.25, 0.3) is 0 Å². The van der Waals surface area contributed by atoms with Crippen LogP contribution in [0.5, 0.6) is 5.75 Å². The average molecular weight is 242 g/mol. The first kappa shape index (κ1) is 12.8. The van der Waals surface area contributed by atoms with Gasteiger partial charge in [-0.3, -0.25) is 14.4 Å². The van der Waals surface area contributed by atoms with Crippen molar-refractivity contribution in [3.8, 4) is 5.75 Å². The molecule has 0 amide bonds. The van der Waals surface area contributed by atoms with Gasteiger partial charge in [0.2, 0.25) is 5.43 Å². The van der Waals surface area contributed by atoms with Crippen molar-refractivity contribution in [2.75, 3.05) is 0 Å². The minimum Gasteiger partial charge on any atom is -0.502 e. The number of carboxylic acid groups (broad SMARTS) is 1. The van der Waals surface area contributed by atoms with Gasteiger partial charge in [-0.1, -0.05) is 0 Å². The Balaban J connectivity index is 2.45. The molecule has 92 valence electrons. The van der Waals surface area contributed by atoms with Crippen LogP contribution in [0, 0.1) is 0 Å². The minimum atomic E-state index is -1.10. The molecule has 1 aromatic heterocycles. The fraction of sp³-hybridized carbons (Fsp3) is 0.300. The molecule has 1 aromatic rings. The number of hydrogen-bond acceptors (Lipinski definition) is 6. The van der Waals surface area contributed by atoms with Crippen molar-refractivity contribution in [2.45, 2.75) is 19.4 Å². The molecule has 2 N–H and O–H groups in total. The standard InChI is InChI=1S/C10H10O7/c11-7-3-6(16-5-8(7)12)4-17-10(15)2-1-9(13)14/h3,5,12H,1-2,4H2,(H,13,14). The van der Waals surface area contributed by atoms with E-state index in [-0.39, 0.29) is 25.2 Å². The van der Waals surface area contributed by atoms with Crippen molar-refractivity contribution >= 4 is 11.9 Å². The van der Waals surface area contributed by atoms with E-state index in [9.17, 15) is 14.4 Å². The average Bonchev–Trinajstić information content (AvgIpc) is 2.28. The zero-order valence-electron chi connectivity index (χ0n) is 8.71. The maximum absolute atomic E-state index is 11.0. The molecule has 0 aliphatic carbocycles. The first-order chi connectivity index (χ1) is 7.99. The molecule has 0 aliphatic heterocycles. The second-order valence-electron chi connectivity index (χ2n) is 3.15. The lowest BCUT2D eigenvalue weighted by atomic mass is 10.3. The van der Waals surface area contributed by atoms with Crippen molar-refractivity contribution in [3.05, 3.63) is 28.3 Å². The highest BCUT2D eigenvalue weighted by Gasteiger charge is 2.08. The number of ether oxygens (including phenoxy) is 1. The van der Waals surface area contributed by atoms with Gasteiger partial charge in [-0.25, -0.2) is 0 Å². The van der Waals surface area contributed by atoms with Gasteiger partial charge in [-0.15, -0.1) is 0 Å². The predicted molar refractivity (Wildman–Crippen MR) is 53.3 cm³/mol. The van der Waals surface area contributed by atoms with Crippen molar-refractivity contribution < 1.29 is 29.0 Å². The van der Waals surface area contributed by atoms with E-state index in [1.807, 2.05) is 0 Å². The summed E-state index contributed by atoms with van der Waals surface area (Å²) in [4.78, 5) is 32.2. The Morgan fingerprint density at radius 3 is 2.65 bits per heavy atom. The number of esters is 1. The lowest BCUT2D eigenvalue weighted by Gasteiger charge is -2.02. The first-order valence-electron chi connectivity index (χ1n) is 4.67. The molecule has 17 heavy (non-hydrogen) atoms. The maximum Gasteiger partial charge on any atom is 0.306 e. The molecule has 0 fully saturated rings. The smallest absolute Gasteiger partial charge is 0.306 e. The van der Waals surface area contributed by atoms with E-state index >= 15 is 0 Å². The maximum atomic E-state index is 11.0. The van der Waals surface area contributed by atoms with E-state index in [4.69, 9.17) is 14.6 Å². The number of carbonyl (C=O) groups excluding carboxylic acids is 1. The molecule has 0 radical (unpaired) electrons. The van der Waals surface area contributed by atoms with Crippen LogP contribution in [0.25, 0.3) is 0 Å². The fourth-order valence-corrected chi connectivity index (χ4v) is 0.952. The molecule has 0 saturated heterocycles. The second kappa shape index (κ2) is 5.69. The van der Waals surface area contributed by atoms with Gasteiger partial charge in [0.15, 0.2) is 5.75 Å². The van der Waals surface area contributed by atoms with Crippen LogP contribution in [0.3, 0.4) is 0 Å². The molecule has 0 unspecified atom stereocenters. The molecule has 0 saturated carbocycles. The predicted octanol–water partition coefficient (Wildman–Crippen LogP) is 0.253. The highest BCUT2D eigenvalue weighted by molar-refractivity contribution is 5.76. The van der Waals surface area contributed by atoms with Crippen LogP contribution < -0.4 is 5.43 Å². The van der Waals surface area contributed by atoms with E-state index in [1.54, 1.807) is 0 Å². The topological polar surface area (TPSA) is 114 Å². The number of aliphatic carboxylic acids is 1. The fourth-order valence-electron chi connectivity index (χ4n) is 0.952. The van der Waals surface area contributed by atoms with Crippen molar-refractivity contribution in [1.29, 1.82) is 0 Å². The number of hydrogen-bond donors (Lipinski definition) is 2. The van der Waals surface area contributed by atoms with Gasteiger partial charge in [-0.2, -0.15) is 0 Å². The zero-order valence-corrected chi connectivity index (χ0v) is 8.71. The molecular formula is C10H10O7. The number of aromatic hydroxyl groups is 1. The molecular weight excluding hydrogens is 232 g/mol. The first-order valence-corrected chi connectivity index (χ1v) is 4.67. The summed E-state index contributed by atoms with van der Waals surface area (Å²) in [6, 6.07) is 0.986. The third-order valence-corrected chi connectivity index (χ3v) is 1.78. The Bertz CT molecular complexity index is 474. The molecule has 7 nitrogen and oxygen atoms in total. The van der Waals surface area contributed by atoms with E-state index in [0.717, 1.165) is 12.3 Å². The van der Waals surface area contributed by atoms with E-state index < -0.39 is 23.1 Å². The Hall–Kier alpha value is -2.31. The molecule has 0 bridgehead atoms. The summed E-state index contributed by atoms with van der Waals surface area (Å²) in [5, 5.41) is 17.2. The number of rotatable bonds is 5. The molecule has 0 aliphatic rings. The van der Waals surface area contributed by atoms with Crippen LogP contribution in [0.15, 0.2) is 21.5 Å². The SMILES string of the molecule is O=C(O)CCC(=O)OCc1cc(=O)c(O)co1. The third-order valence-electron chi connectivity index (χ3n) is 1.78. The summed E-state index contributed by atoms with van der Waals surface area (Å²) in [6.07, 6.45) is 0.263. The van der Waals surface area contributed by atoms with Crippen LogP contribution in [0.1, 0.15) is 18.6 Å². The minimum absolute atomic E-state index is 0.0662. The molecule has 1 rings (SSSR count). The monoisotopic (exact) mass is 242 g/mol. The van der Waals surface area contributed by atoms with Gasteiger partial charge in [0, 0.05) is 6.07 Å². The lowest BCUT2D eigenvalue weighted by molar-refractivity contribution is -0.149. The molecule has 0 atom stereocenters. The Labute approximate surface area is 95.2 Å². The summed E-state index contributed by atoms with van der Waals surface area (Å²) in [7, 11) is 0. The number of carbonyl (C=O) groups is 2. The van der Waals surface area contributed by atoms with Crippen molar-refractivity contribution in [2.24, 2.45) is 0 Å². The largest absolute Gasteiger partial charge is 0.502 e. The summed E-state index contributed by atoms with van der Waals surface area (Å²) >= 11 is 0. The van der Waals surface area contributed by atoms with Crippen molar-refractivity contribution in [3.63, 3.8) is 0 Å². The highest BCUT2D eigenvalue weighted by atomic mass is 16.5. The van der Waals surface area contributed by atoms with E-state index in [0.29, 0.717) is 0 Å². The molecule has 0 spiro atoms. The second-order valence-corrected chi connectivity index (χ2v) is 3.15. The Kier molecular flexibility index (Phi) is 4.27. The van der Waals surface area contributed by atoms with Crippen LogP contribution in [-0.4, -0.2) is 22.2 Å². The Morgan fingerprint density at radius 2 is 2.06 bits per heavy atom. The molecule has 0 aromatic carbocycles. The normalized spacial score (nSPS) is 9.88. The Morgan fingerprint density at radius 1 is 1.35 bits per heavy atom. The summed E-state index contributed by atoms with van der Waals surface area (Å²) in [6.45, 7) is -0.284. The van der Waals surface area contributed by atoms with E-state index in [1.165, 1.54) is 0 Å². The van der Waals surface area contributed by atoms with Crippen LogP contribution >= 0.6 is 0 Å². The van der Waals surface area contributed by atoms with Crippen LogP contribution in [0.2, 0.25) is 0 Å². The molecule has 1 heterocycles. The third kappa shape index (κ3) is 4.37. The zero-order chi connectivity index (χ0) is 12.8. The van der Waals surface area contributed by atoms with Gasteiger partial charge < -0.3 is 19.4 Å². The van der Waals surface area contributed by atoms with Gasteiger partial charge in [0.1, 0.15) is 18.6 Å². The summed E-state index contributed by atoms with van der Waals surface area (Å²) < 4.78 is 9.43. The van der Waals surface area contributed by atoms with Crippen LogP contribution in [0.4, 0.5) is 0 Å².